The van der Waals surface area contributed by atoms with E-state index in [4.69, 9.17) is 0 Å². The highest BCUT2D eigenvalue weighted by Crippen LogP contribution is 2.19. The van der Waals surface area contributed by atoms with Crippen LogP contribution in [0.3, 0.4) is 0 Å². The van der Waals surface area contributed by atoms with Gasteiger partial charge in [0.1, 0.15) is 6.17 Å². The Morgan fingerprint density at radius 2 is 1.80 bits per heavy atom. The number of alkyl halides is 1. The highest BCUT2D eigenvalue weighted by atomic mass is 19.2. The molecule has 1 rings (SSSR count). The van der Waals surface area contributed by atoms with E-state index in [-0.39, 0.29) is 42.4 Å². The van der Waals surface area contributed by atoms with Gasteiger partial charge in [-0.2, -0.15) is 0 Å². The summed E-state index contributed by atoms with van der Waals surface area (Å²) in [7, 11) is 0. The molecule has 1 aromatic rings. The molecule has 0 aromatic heterocycles. The molecule has 0 aliphatic carbocycles. The summed E-state index contributed by atoms with van der Waals surface area (Å²) in [6.07, 6.45) is -0.400. The van der Waals surface area contributed by atoms with Crippen molar-refractivity contribution < 1.29 is 13.2 Å². The van der Waals surface area contributed by atoms with E-state index in [0.717, 1.165) is 12.1 Å². The Kier molecular flexibility index (Phi) is 8.38. The van der Waals surface area contributed by atoms with Crippen molar-refractivity contribution >= 4 is 12.4 Å². The second-order valence-corrected chi connectivity index (χ2v) is 6.01. The molecule has 0 unspecified atom stereocenters. The van der Waals surface area contributed by atoms with Crippen LogP contribution >= 0.6 is 0 Å². The van der Waals surface area contributed by atoms with Crippen LogP contribution in [-0.4, -0.2) is 25.1 Å². The van der Waals surface area contributed by atoms with Gasteiger partial charge in [-0.25, -0.2) is 13.2 Å². The summed E-state index contributed by atoms with van der Waals surface area (Å²) in [4.78, 5) is 7.58. The van der Waals surface area contributed by atoms with Crippen LogP contribution in [0.25, 0.3) is 0 Å². The lowest BCUT2D eigenvalue weighted by Gasteiger charge is -2.16. The molecule has 25 heavy (non-hydrogen) atoms. The summed E-state index contributed by atoms with van der Waals surface area (Å²) >= 11 is 0. The summed E-state index contributed by atoms with van der Waals surface area (Å²) in [5, 5.41) is 3.02. The Morgan fingerprint density at radius 3 is 2.36 bits per heavy atom. The molecule has 0 saturated carbocycles. The van der Waals surface area contributed by atoms with Crippen molar-refractivity contribution in [3.8, 4) is 0 Å². The predicted molar refractivity (Wildman–Crippen MR) is 97.9 cm³/mol. The molecule has 0 fully saturated rings. The first-order valence-electron chi connectivity index (χ1n) is 8.29. The van der Waals surface area contributed by atoms with Crippen LogP contribution in [0, 0.1) is 17.6 Å². The zero-order chi connectivity index (χ0) is 19.0. The fraction of sp³-hybridized carbons (Fsp3) is 0.474. The Bertz CT molecular complexity index is 639. The van der Waals surface area contributed by atoms with Crippen molar-refractivity contribution in [3.05, 3.63) is 47.2 Å². The van der Waals surface area contributed by atoms with Gasteiger partial charge in [-0.15, -0.1) is 0 Å². The van der Waals surface area contributed by atoms with E-state index in [0.29, 0.717) is 0 Å². The number of rotatable bonds is 10. The van der Waals surface area contributed by atoms with Crippen LogP contribution in [0.1, 0.15) is 38.3 Å². The highest BCUT2D eigenvalue weighted by Gasteiger charge is 2.15. The minimum Gasteiger partial charge on any atom is -0.384 e. The van der Waals surface area contributed by atoms with Gasteiger partial charge in [-0.1, -0.05) is 32.6 Å². The zero-order valence-electron chi connectivity index (χ0n) is 15.1. The standard InChI is InChI=1S/C19H26F3N3/c1-6-12(2)14(4)24-9-15-7-8-16(19(22)18(15)21)10-25-17(11-23-5)13(3)20/h7-8,12-13,24H,4-6,9-11H2,1-3H3/b25-17+/t12-,13-/m1/s1. The fourth-order valence-electron chi connectivity index (χ4n) is 2.12. The number of halogens is 3. The molecule has 0 heterocycles. The summed E-state index contributed by atoms with van der Waals surface area (Å²) < 4.78 is 41.8. The summed E-state index contributed by atoms with van der Waals surface area (Å²) in [6.45, 7) is 12.6. The summed E-state index contributed by atoms with van der Waals surface area (Å²) in [5.41, 5.74) is 1.23. The third-order valence-electron chi connectivity index (χ3n) is 4.14. The number of hydrogen-bond acceptors (Lipinski definition) is 3. The topological polar surface area (TPSA) is 36.8 Å². The average Bonchev–Trinajstić information content (AvgIpc) is 2.59. The van der Waals surface area contributed by atoms with Gasteiger partial charge in [0.05, 0.1) is 18.8 Å². The average molecular weight is 353 g/mol. The largest absolute Gasteiger partial charge is 0.384 e. The third kappa shape index (κ3) is 6.03. The zero-order valence-corrected chi connectivity index (χ0v) is 15.1. The van der Waals surface area contributed by atoms with Gasteiger partial charge in [0, 0.05) is 23.4 Å². The van der Waals surface area contributed by atoms with Gasteiger partial charge < -0.3 is 5.32 Å². The maximum absolute atomic E-state index is 14.2. The van der Waals surface area contributed by atoms with Crippen molar-refractivity contribution in [1.29, 1.82) is 0 Å². The molecule has 1 aromatic carbocycles. The molecule has 0 saturated heterocycles. The molecule has 0 radical (unpaired) electrons. The van der Waals surface area contributed by atoms with Gasteiger partial charge in [-0.05, 0) is 26.0 Å². The summed E-state index contributed by atoms with van der Waals surface area (Å²) in [5.74, 6) is -1.63. The van der Waals surface area contributed by atoms with Crippen molar-refractivity contribution in [3.63, 3.8) is 0 Å². The molecular weight excluding hydrogens is 327 g/mol. The Balaban J connectivity index is 2.87. The highest BCUT2D eigenvalue weighted by molar-refractivity contribution is 5.90. The van der Waals surface area contributed by atoms with Crippen LogP contribution in [0.5, 0.6) is 0 Å². The second kappa shape index (κ2) is 10.0. The van der Waals surface area contributed by atoms with Crippen molar-refractivity contribution in [1.82, 2.24) is 5.32 Å². The maximum Gasteiger partial charge on any atom is 0.164 e. The molecule has 0 amide bonds. The molecule has 1 N–H and O–H groups in total. The van der Waals surface area contributed by atoms with E-state index in [2.05, 4.69) is 28.6 Å². The molecule has 6 heteroatoms. The predicted octanol–water partition coefficient (Wildman–Crippen LogP) is 4.61. The number of nitrogens with zero attached hydrogens (tertiary/aromatic N) is 2. The van der Waals surface area contributed by atoms with E-state index < -0.39 is 17.8 Å². The molecule has 0 aliphatic rings. The molecule has 0 bridgehead atoms. The maximum atomic E-state index is 14.2. The van der Waals surface area contributed by atoms with Gasteiger partial charge in [0.15, 0.2) is 11.6 Å². The molecule has 0 spiro atoms. The Labute approximate surface area is 147 Å². The van der Waals surface area contributed by atoms with Gasteiger partial charge in [0.25, 0.3) is 0 Å². The second-order valence-electron chi connectivity index (χ2n) is 6.01. The molecule has 0 aliphatic heterocycles. The quantitative estimate of drug-likeness (QED) is 0.613. The summed E-state index contributed by atoms with van der Waals surface area (Å²) in [6, 6.07) is 2.97. The van der Waals surface area contributed by atoms with Gasteiger partial charge in [0.2, 0.25) is 0 Å². The first kappa shape index (κ1) is 20.9. The van der Waals surface area contributed by atoms with Gasteiger partial charge in [-0.3, -0.25) is 9.98 Å². The lowest BCUT2D eigenvalue weighted by atomic mass is 10.1. The first-order valence-corrected chi connectivity index (χ1v) is 8.29. The minimum atomic E-state index is -1.31. The molecule has 3 nitrogen and oxygen atoms in total. The number of hydrogen-bond donors (Lipinski definition) is 1. The van der Waals surface area contributed by atoms with E-state index in [1.807, 2.05) is 13.8 Å². The normalized spacial score (nSPS) is 14.1. The van der Waals surface area contributed by atoms with Crippen molar-refractivity contribution in [2.45, 2.75) is 46.5 Å². The van der Waals surface area contributed by atoms with E-state index in [1.54, 1.807) is 0 Å². The Morgan fingerprint density at radius 1 is 1.20 bits per heavy atom. The van der Waals surface area contributed by atoms with Crippen molar-refractivity contribution in [2.24, 2.45) is 15.9 Å². The molecule has 2 atom stereocenters. The number of allylic oxidation sites excluding steroid dienone is 1. The van der Waals surface area contributed by atoms with Gasteiger partial charge >= 0.3 is 0 Å². The number of aliphatic imine (C=N–C) groups is 2. The third-order valence-corrected chi connectivity index (χ3v) is 4.14. The van der Waals surface area contributed by atoms with Crippen LogP contribution in [0.4, 0.5) is 13.2 Å². The van der Waals surface area contributed by atoms with Crippen LogP contribution in [0.15, 0.2) is 34.4 Å². The van der Waals surface area contributed by atoms with E-state index >= 15 is 0 Å². The monoisotopic (exact) mass is 353 g/mol. The van der Waals surface area contributed by atoms with Crippen LogP contribution < -0.4 is 5.32 Å². The van der Waals surface area contributed by atoms with E-state index in [1.165, 1.54) is 19.1 Å². The minimum absolute atomic E-state index is 0.0293. The lowest BCUT2D eigenvalue weighted by Crippen LogP contribution is -2.18. The fourth-order valence-corrected chi connectivity index (χ4v) is 2.12. The van der Waals surface area contributed by atoms with E-state index in [9.17, 15) is 13.2 Å². The Hall–Kier alpha value is -2.11. The SMILES string of the molecule is C=NC/C(=N\Cc1ccc(CNC(=C)[C@H](C)CC)c(F)c1F)[C@@H](C)F. The molecular formula is C19H26F3N3. The van der Waals surface area contributed by atoms with Crippen molar-refractivity contribution in [2.75, 3.05) is 6.54 Å². The lowest BCUT2D eigenvalue weighted by molar-refractivity contribution is 0.450. The smallest absolute Gasteiger partial charge is 0.164 e. The van der Waals surface area contributed by atoms with Crippen LogP contribution in [-0.2, 0) is 13.1 Å². The number of nitrogens with one attached hydrogen (secondary N) is 1. The van der Waals surface area contributed by atoms with Crippen LogP contribution in [0.2, 0.25) is 0 Å². The number of benzene rings is 1. The molecule has 138 valence electrons. The first-order chi connectivity index (χ1) is 11.8.